The van der Waals surface area contributed by atoms with E-state index in [9.17, 15) is 4.79 Å². The van der Waals surface area contributed by atoms with E-state index < -0.39 is 0 Å². The summed E-state index contributed by atoms with van der Waals surface area (Å²) < 4.78 is 0. The zero-order valence-corrected chi connectivity index (χ0v) is 12.0. The second-order valence-electron chi connectivity index (χ2n) is 5.40. The van der Waals surface area contributed by atoms with Gasteiger partial charge in [-0.3, -0.25) is 9.69 Å². The Hall–Kier alpha value is -2.19. The third kappa shape index (κ3) is 2.67. The molecule has 0 unspecified atom stereocenters. The van der Waals surface area contributed by atoms with Gasteiger partial charge in [-0.25, -0.2) is 0 Å². The van der Waals surface area contributed by atoms with Crippen molar-refractivity contribution in [3.05, 3.63) is 84.4 Å². The van der Waals surface area contributed by atoms with Crippen LogP contribution in [0.1, 0.15) is 23.6 Å². The third-order valence-corrected chi connectivity index (χ3v) is 4.06. The molecule has 0 amide bonds. The molecule has 0 bridgehead atoms. The second-order valence-corrected chi connectivity index (χ2v) is 5.40. The average Bonchev–Trinajstić information content (AvgIpc) is 2.54. The van der Waals surface area contributed by atoms with Crippen LogP contribution in [-0.2, 0) is 4.79 Å². The van der Waals surface area contributed by atoms with Gasteiger partial charge in [-0.1, -0.05) is 66.7 Å². The SMILES string of the molecule is C=CC[C@H]1C(=O)CN1C(c1ccccc1)c1ccccc1. The first-order valence-corrected chi connectivity index (χ1v) is 7.30. The van der Waals surface area contributed by atoms with Gasteiger partial charge in [-0.15, -0.1) is 6.58 Å². The van der Waals surface area contributed by atoms with Gasteiger partial charge in [0.25, 0.3) is 0 Å². The van der Waals surface area contributed by atoms with Crippen LogP contribution in [0.5, 0.6) is 0 Å². The van der Waals surface area contributed by atoms with Crippen LogP contribution >= 0.6 is 0 Å². The van der Waals surface area contributed by atoms with E-state index in [0.29, 0.717) is 12.3 Å². The average molecular weight is 277 g/mol. The largest absolute Gasteiger partial charge is 0.296 e. The van der Waals surface area contributed by atoms with Gasteiger partial charge in [0.2, 0.25) is 0 Å². The zero-order valence-electron chi connectivity index (χ0n) is 12.0. The number of Topliss-reactive ketones (excluding diaryl/α,β-unsaturated/α-hetero) is 1. The van der Waals surface area contributed by atoms with Gasteiger partial charge in [0.1, 0.15) is 0 Å². The van der Waals surface area contributed by atoms with Crippen molar-refractivity contribution in [3.63, 3.8) is 0 Å². The highest BCUT2D eigenvalue weighted by Crippen LogP contribution is 2.35. The van der Waals surface area contributed by atoms with Crippen LogP contribution in [0.3, 0.4) is 0 Å². The summed E-state index contributed by atoms with van der Waals surface area (Å²) in [4.78, 5) is 14.2. The fourth-order valence-electron chi connectivity index (χ4n) is 3.01. The van der Waals surface area contributed by atoms with Gasteiger partial charge >= 0.3 is 0 Å². The molecule has 1 saturated heterocycles. The minimum atomic E-state index is -0.0343. The van der Waals surface area contributed by atoms with Crippen molar-refractivity contribution in [2.75, 3.05) is 6.54 Å². The number of benzene rings is 2. The Morgan fingerprint density at radius 2 is 1.57 bits per heavy atom. The van der Waals surface area contributed by atoms with E-state index >= 15 is 0 Å². The lowest BCUT2D eigenvalue weighted by molar-refractivity contribution is -0.138. The van der Waals surface area contributed by atoms with E-state index in [2.05, 4.69) is 60.0 Å². The van der Waals surface area contributed by atoms with Gasteiger partial charge < -0.3 is 0 Å². The highest BCUT2D eigenvalue weighted by molar-refractivity contribution is 5.91. The van der Waals surface area contributed by atoms with Crippen LogP contribution in [0.25, 0.3) is 0 Å². The predicted octanol–water partition coefficient (Wildman–Crippen LogP) is 3.61. The maximum atomic E-state index is 11.9. The normalized spacial score (nSPS) is 18.5. The fourth-order valence-corrected chi connectivity index (χ4v) is 3.01. The van der Waals surface area contributed by atoms with Crippen LogP contribution in [0.2, 0.25) is 0 Å². The number of ketones is 1. The minimum Gasteiger partial charge on any atom is -0.296 e. The number of hydrogen-bond acceptors (Lipinski definition) is 2. The Morgan fingerprint density at radius 1 is 1.05 bits per heavy atom. The fraction of sp³-hybridized carbons (Fsp3) is 0.211. The number of rotatable bonds is 5. The number of carbonyl (C=O) groups excluding carboxylic acids is 1. The molecular weight excluding hydrogens is 258 g/mol. The molecular formula is C19H19NO. The first kappa shape index (κ1) is 13.8. The minimum absolute atomic E-state index is 0.0343. The lowest BCUT2D eigenvalue weighted by atomic mass is 9.88. The molecule has 0 aromatic heterocycles. The van der Waals surface area contributed by atoms with Crippen LogP contribution in [0.4, 0.5) is 0 Å². The Bertz CT molecular complexity index is 581. The molecule has 1 fully saturated rings. The Balaban J connectivity index is 1.98. The van der Waals surface area contributed by atoms with Crippen LogP contribution in [0.15, 0.2) is 73.3 Å². The smallest absolute Gasteiger partial charge is 0.164 e. The van der Waals surface area contributed by atoms with Crippen LogP contribution in [-0.4, -0.2) is 23.3 Å². The zero-order chi connectivity index (χ0) is 14.7. The monoisotopic (exact) mass is 277 g/mol. The van der Waals surface area contributed by atoms with Crippen LogP contribution < -0.4 is 0 Å². The van der Waals surface area contributed by atoms with Gasteiger partial charge in [0, 0.05) is 0 Å². The highest BCUT2D eigenvalue weighted by Gasteiger charge is 2.41. The summed E-state index contributed by atoms with van der Waals surface area (Å²) in [5.74, 6) is 0.312. The Kier molecular flexibility index (Phi) is 3.98. The molecule has 0 saturated carbocycles. The summed E-state index contributed by atoms with van der Waals surface area (Å²) in [5.41, 5.74) is 2.45. The molecule has 21 heavy (non-hydrogen) atoms. The molecule has 3 rings (SSSR count). The predicted molar refractivity (Wildman–Crippen MR) is 85.0 cm³/mol. The molecule has 2 nitrogen and oxygen atoms in total. The van der Waals surface area contributed by atoms with E-state index in [4.69, 9.17) is 0 Å². The summed E-state index contributed by atoms with van der Waals surface area (Å²) in [7, 11) is 0. The summed E-state index contributed by atoms with van der Waals surface area (Å²) in [5, 5.41) is 0. The van der Waals surface area contributed by atoms with Crippen molar-refractivity contribution < 1.29 is 4.79 Å². The Morgan fingerprint density at radius 3 is 2.00 bits per heavy atom. The number of hydrogen-bond donors (Lipinski definition) is 0. The highest BCUT2D eigenvalue weighted by atomic mass is 16.1. The molecule has 2 aromatic carbocycles. The molecule has 1 heterocycles. The Labute approximate surface area is 125 Å². The first-order valence-electron chi connectivity index (χ1n) is 7.30. The molecule has 2 heteroatoms. The van der Waals surface area contributed by atoms with Gasteiger partial charge in [0.05, 0.1) is 18.6 Å². The van der Waals surface area contributed by atoms with Crippen molar-refractivity contribution in [2.45, 2.75) is 18.5 Å². The molecule has 2 aromatic rings. The molecule has 1 aliphatic heterocycles. The standard InChI is InChI=1S/C19H19NO/c1-2-9-17-18(21)14-20(17)19(15-10-5-3-6-11-15)16-12-7-4-8-13-16/h2-8,10-13,17,19H,1,9,14H2/t17-/m0/s1. The maximum absolute atomic E-state index is 11.9. The van der Waals surface area contributed by atoms with Gasteiger partial charge in [-0.2, -0.15) is 0 Å². The van der Waals surface area contributed by atoms with E-state index in [1.807, 2.05) is 18.2 Å². The summed E-state index contributed by atoms with van der Waals surface area (Å²) in [6.07, 6.45) is 2.55. The second kappa shape index (κ2) is 6.06. The number of carbonyl (C=O) groups is 1. The van der Waals surface area contributed by atoms with E-state index in [1.54, 1.807) is 0 Å². The summed E-state index contributed by atoms with van der Waals surface area (Å²) in [6, 6.07) is 20.9. The first-order chi connectivity index (χ1) is 10.3. The van der Waals surface area contributed by atoms with E-state index in [1.165, 1.54) is 11.1 Å². The molecule has 0 spiro atoms. The molecule has 1 atom stereocenters. The molecule has 0 N–H and O–H groups in total. The van der Waals surface area contributed by atoms with Crippen LogP contribution in [0, 0.1) is 0 Å². The molecule has 106 valence electrons. The lowest BCUT2D eigenvalue weighted by Gasteiger charge is -2.44. The third-order valence-electron chi connectivity index (χ3n) is 4.06. The van der Waals surface area contributed by atoms with Gasteiger partial charge in [-0.05, 0) is 17.5 Å². The van der Waals surface area contributed by atoms with Crippen molar-refractivity contribution in [1.82, 2.24) is 4.90 Å². The number of nitrogens with zero attached hydrogens (tertiary/aromatic N) is 1. The summed E-state index contributed by atoms with van der Waals surface area (Å²) >= 11 is 0. The maximum Gasteiger partial charge on any atom is 0.164 e. The van der Waals surface area contributed by atoms with Crippen molar-refractivity contribution in [1.29, 1.82) is 0 Å². The van der Waals surface area contributed by atoms with Gasteiger partial charge in [0.15, 0.2) is 5.78 Å². The van der Waals surface area contributed by atoms with Crippen molar-refractivity contribution in [2.24, 2.45) is 0 Å². The number of likely N-dealkylation sites (tertiary alicyclic amines) is 1. The van der Waals surface area contributed by atoms with E-state index in [0.717, 1.165) is 6.42 Å². The molecule has 0 radical (unpaired) electrons. The van der Waals surface area contributed by atoms with E-state index in [-0.39, 0.29) is 12.1 Å². The van der Waals surface area contributed by atoms with Crippen molar-refractivity contribution in [3.8, 4) is 0 Å². The lowest BCUT2D eigenvalue weighted by Crippen LogP contribution is -2.58. The molecule has 1 aliphatic rings. The van der Waals surface area contributed by atoms with Crippen molar-refractivity contribution >= 4 is 5.78 Å². The molecule has 0 aliphatic carbocycles. The summed E-state index contributed by atoms with van der Waals surface area (Å²) in [6.45, 7) is 4.30. The topological polar surface area (TPSA) is 20.3 Å². The quantitative estimate of drug-likeness (QED) is 0.778.